The molecule has 0 fully saturated rings. The summed E-state index contributed by atoms with van der Waals surface area (Å²) in [6.45, 7) is 4.29. The lowest BCUT2D eigenvalue weighted by Crippen LogP contribution is -2.33. The minimum Gasteiger partial charge on any atom is -0.298 e. The predicted octanol–water partition coefficient (Wildman–Crippen LogP) is 0.829. The van der Waals surface area contributed by atoms with Crippen LogP contribution in [0.3, 0.4) is 0 Å². The number of nitrogens with zero attached hydrogens (tertiary/aromatic N) is 3. The van der Waals surface area contributed by atoms with E-state index in [-0.39, 0.29) is 11.8 Å². The molecule has 1 aromatic heterocycles. The Morgan fingerprint density at radius 2 is 2.36 bits per heavy atom. The van der Waals surface area contributed by atoms with Gasteiger partial charge in [0.05, 0.1) is 12.2 Å². The van der Waals surface area contributed by atoms with Crippen molar-refractivity contribution in [3.63, 3.8) is 0 Å². The van der Waals surface area contributed by atoms with E-state index >= 15 is 0 Å². The number of aryl methyl sites for hydroxylation is 1. The number of hydrogen-bond donors (Lipinski definition) is 0. The first-order chi connectivity index (χ1) is 6.50. The summed E-state index contributed by atoms with van der Waals surface area (Å²) in [7, 11) is 3.83. The highest BCUT2D eigenvalue weighted by atomic mass is 16.1. The van der Waals surface area contributed by atoms with Crippen molar-refractivity contribution < 1.29 is 4.79 Å². The van der Waals surface area contributed by atoms with Crippen LogP contribution >= 0.6 is 0 Å². The number of Topliss-reactive ketones (excluding diaryl/α,β-unsaturated/α-hetero) is 1. The number of carbonyl (C=O) groups is 1. The Morgan fingerprint density at radius 3 is 2.79 bits per heavy atom. The molecular weight excluding hydrogens is 178 g/mol. The largest absolute Gasteiger partial charge is 0.298 e. The zero-order chi connectivity index (χ0) is 10.7. The maximum absolute atomic E-state index is 11.1. The van der Waals surface area contributed by atoms with Gasteiger partial charge in [0.15, 0.2) is 0 Å². The SMILES string of the molecule is CC(=O)C(C)N(C)Cc1cnn(C)c1. The fourth-order valence-corrected chi connectivity index (χ4v) is 1.29. The van der Waals surface area contributed by atoms with E-state index in [4.69, 9.17) is 0 Å². The van der Waals surface area contributed by atoms with E-state index in [0.29, 0.717) is 0 Å². The second-order valence-corrected chi connectivity index (χ2v) is 3.72. The first-order valence-electron chi connectivity index (χ1n) is 4.69. The van der Waals surface area contributed by atoms with Gasteiger partial charge >= 0.3 is 0 Å². The van der Waals surface area contributed by atoms with Gasteiger partial charge < -0.3 is 0 Å². The van der Waals surface area contributed by atoms with Crippen molar-refractivity contribution in [3.8, 4) is 0 Å². The minimum atomic E-state index is -0.0322. The summed E-state index contributed by atoms with van der Waals surface area (Å²) in [4.78, 5) is 13.1. The Kier molecular flexibility index (Phi) is 3.41. The third-order valence-electron chi connectivity index (χ3n) is 2.44. The van der Waals surface area contributed by atoms with Crippen molar-refractivity contribution in [2.75, 3.05) is 7.05 Å². The van der Waals surface area contributed by atoms with E-state index < -0.39 is 0 Å². The standard InChI is InChI=1S/C10H17N3O/c1-8(9(2)14)12(3)6-10-5-11-13(4)7-10/h5,7-8H,6H2,1-4H3. The van der Waals surface area contributed by atoms with Gasteiger partial charge in [0, 0.05) is 25.4 Å². The molecule has 78 valence electrons. The van der Waals surface area contributed by atoms with Gasteiger partial charge in [-0.3, -0.25) is 14.4 Å². The average molecular weight is 195 g/mol. The molecule has 1 heterocycles. The molecule has 0 N–H and O–H groups in total. The first kappa shape index (κ1) is 10.9. The van der Waals surface area contributed by atoms with Crippen molar-refractivity contribution in [2.24, 2.45) is 7.05 Å². The molecular formula is C10H17N3O. The summed E-state index contributed by atoms with van der Waals surface area (Å²) < 4.78 is 1.77. The second-order valence-electron chi connectivity index (χ2n) is 3.72. The minimum absolute atomic E-state index is 0.0322. The van der Waals surface area contributed by atoms with Gasteiger partial charge in [-0.15, -0.1) is 0 Å². The van der Waals surface area contributed by atoms with Gasteiger partial charge in [-0.1, -0.05) is 0 Å². The van der Waals surface area contributed by atoms with Gasteiger partial charge in [0.25, 0.3) is 0 Å². The number of ketones is 1. The lowest BCUT2D eigenvalue weighted by molar-refractivity contribution is -0.121. The molecule has 1 aromatic rings. The van der Waals surface area contributed by atoms with Gasteiger partial charge in [-0.2, -0.15) is 5.10 Å². The van der Waals surface area contributed by atoms with Crippen LogP contribution in [0.2, 0.25) is 0 Å². The van der Waals surface area contributed by atoms with E-state index in [9.17, 15) is 4.79 Å². The quantitative estimate of drug-likeness (QED) is 0.714. The predicted molar refractivity (Wildman–Crippen MR) is 54.8 cm³/mol. The maximum atomic E-state index is 11.1. The Morgan fingerprint density at radius 1 is 1.71 bits per heavy atom. The molecule has 0 aromatic carbocycles. The Labute approximate surface area is 84.5 Å². The Balaban J connectivity index is 2.56. The zero-order valence-corrected chi connectivity index (χ0v) is 9.19. The van der Waals surface area contributed by atoms with Crippen molar-refractivity contribution in [1.29, 1.82) is 0 Å². The normalized spacial score (nSPS) is 13.2. The molecule has 1 rings (SSSR count). The van der Waals surface area contributed by atoms with Crippen LogP contribution in [0.5, 0.6) is 0 Å². The van der Waals surface area contributed by atoms with Crippen LogP contribution in [-0.4, -0.2) is 33.6 Å². The lowest BCUT2D eigenvalue weighted by atomic mass is 10.2. The van der Waals surface area contributed by atoms with Crippen LogP contribution in [0.1, 0.15) is 19.4 Å². The van der Waals surface area contributed by atoms with Gasteiger partial charge in [0.1, 0.15) is 5.78 Å². The molecule has 0 aliphatic heterocycles. The zero-order valence-electron chi connectivity index (χ0n) is 9.19. The van der Waals surface area contributed by atoms with E-state index in [1.807, 2.05) is 38.3 Å². The summed E-state index contributed by atoms with van der Waals surface area (Å²) in [5, 5.41) is 4.08. The average Bonchev–Trinajstić information content (AvgIpc) is 2.49. The van der Waals surface area contributed by atoms with Crippen molar-refractivity contribution in [3.05, 3.63) is 18.0 Å². The van der Waals surface area contributed by atoms with Crippen LogP contribution in [-0.2, 0) is 18.4 Å². The molecule has 0 aliphatic rings. The lowest BCUT2D eigenvalue weighted by Gasteiger charge is -2.21. The van der Waals surface area contributed by atoms with E-state index in [0.717, 1.165) is 12.1 Å². The molecule has 0 spiro atoms. The van der Waals surface area contributed by atoms with Crippen molar-refractivity contribution in [1.82, 2.24) is 14.7 Å². The van der Waals surface area contributed by atoms with Gasteiger partial charge in [0.2, 0.25) is 0 Å². The van der Waals surface area contributed by atoms with Gasteiger partial charge in [-0.25, -0.2) is 0 Å². The third kappa shape index (κ3) is 2.67. The van der Waals surface area contributed by atoms with Crippen LogP contribution in [0.15, 0.2) is 12.4 Å². The molecule has 0 radical (unpaired) electrons. The van der Waals surface area contributed by atoms with Crippen LogP contribution in [0.4, 0.5) is 0 Å². The number of hydrogen-bond acceptors (Lipinski definition) is 3. The molecule has 0 saturated heterocycles. The summed E-state index contributed by atoms with van der Waals surface area (Å²) in [5.74, 6) is 0.191. The fraction of sp³-hybridized carbons (Fsp3) is 0.600. The molecule has 0 aliphatic carbocycles. The topological polar surface area (TPSA) is 38.1 Å². The Bertz CT molecular complexity index is 319. The van der Waals surface area contributed by atoms with Crippen LogP contribution in [0.25, 0.3) is 0 Å². The summed E-state index contributed by atoms with van der Waals surface area (Å²) in [6.07, 6.45) is 3.78. The molecule has 0 saturated carbocycles. The molecule has 0 bridgehead atoms. The Hall–Kier alpha value is -1.16. The van der Waals surface area contributed by atoms with E-state index in [1.165, 1.54) is 0 Å². The third-order valence-corrected chi connectivity index (χ3v) is 2.44. The number of aromatic nitrogens is 2. The van der Waals surface area contributed by atoms with E-state index in [2.05, 4.69) is 5.10 Å². The van der Waals surface area contributed by atoms with Crippen molar-refractivity contribution >= 4 is 5.78 Å². The fourth-order valence-electron chi connectivity index (χ4n) is 1.29. The summed E-state index contributed by atoms with van der Waals surface area (Å²) in [6, 6.07) is -0.0322. The second kappa shape index (κ2) is 4.37. The van der Waals surface area contributed by atoms with Crippen LogP contribution < -0.4 is 0 Å². The van der Waals surface area contributed by atoms with Gasteiger partial charge in [-0.05, 0) is 20.9 Å². The highest BCUT2D eigenvalue weighted by Gasteiger charge is 2.14. The highest BCUT2D eigenvalue weighted by molar-refractivity contribution is 5.80. The smallest absolute Gasteiger partial charge is 0.146 e. The maximum Gasteiger partial charge on any atom is 0.146 e. The molecule has 4 heteroatoms. The molecule has 14 heavy (non-hydrogen) atoms. The molecule has 0 amide bonds. The number of carbonyl (C=O) groups excluding carboxylic acids is 1. The molecule has 4 nitrogen and oxygen atoms in total. The number of rotatable bonds is 4. The van der Waals surface area contributed by atoms with Crippen molar-refractivity contribution in [2.45, 2.75) is 26.4 Å². The van der Waals surface area contributed by atoms with E-state index in [1.54, 1.807) is 11.6 Å². The molecule has 1 atom stereocenters. The summed E-state index contributed by atoms with van der Waals surface area (Å²) in [5.41, 5.74) is 1.13. The first-order valence-corrected chi connectivity index (χ1v) is 4.69. The monoisotopic (exact) mass is 195 g/mol. The summed E-state index contributed by atoms with van der Waals surface area (Å²) >= 11 is 0. The highest BCUT2D eigenvalue weighted by Crippen LogP contribution is 2.05. The molecule has 1 unspecified atom stereocenters. The number of likely N-dealkylation sites (N-methyl/N-ethyl adjacent to an activating group) is 1. The van der Waals surface area contributed by atoms with Crippen LogP contribution in [0, 0.1) is 0 Å².